The molecule has 106 valence electrons. The van der Waals surface area contributed by atoms with Crippen molar-refractivity contribution >= 4 is 6.09 Å². The summed E-state index contributed by atoms with van der Waals surface area (Å²) in [5, 5.41) is 11.5. The first-order chi connectivity index (χ1) is 8.43. The lowest BCUT2D eigenvalue weighted by Gasteiger charge is -2.36. The van der Waals surface area contributed by atoms with Crippen molar-refractivity contribution in [3.8, 4) is 0 Å². The molecular weight excluding hydrogens is 230 g/mol. The molecule has 0 saturated heterocycles. The molecule has 1 fully saturated rings. The molecule has 0 heterocycles. The number of carbonyl (C=O) groups excluding carboxylic acids is 1. The number of ether oxygens (including phenoxy) is 1. The molecular formula is C14H27NO3. The van der Waals surface area contributed by atoms with E-state index < -0.39 is 6.09 Å². The molecule has 4 atom stereocenters. The molecule has 0 aromatic carbocycles. The fraction of sp³-hybridized carbons (Fsp3) is 0.929. The highest BCUT2D eigenvalue weighted by Gasteiger charge is 2.33. The summed E-state index contributed by atoms with van der Waals surface area (Å²) in [6, 6.07) is -0.254. The van der Waals surface area contributed by atoms with Crippen LogP contribution in [0.2, 0.25) is 0 Å². The monoisotopic (exact) mass is 257 g/mol. The van der Waals surface area contributed by atoms with Crippen LogP contribution in [0.5, 0.6) is 0 Å². The maximum absolute atomic E-state index is 11.7. The number of aliphatic hydroxyl groups is 1. The highest BCUT2D eigenvalue weighted by Crippen LogP contribution is 2.35. The molecule has 0 bridgehead atoms. The van der Waals surface area contributed by atoms with E-state index in [9.17, 15) is 4.79 Å². The minimum atomic E-state index is -0.402. The summed E-state index contributed by atoms with van der Waals surface area (Å²) in [5.74, 6) is 1.61. The Labute approximate surface area is 110 Å². The number of rotatable bonds is 4. The van der Waals surface area contributed by atoms with Crippen LogP contribution in [0.1, 0.15) is 47.0 Å². The van der Waals surface area contributed by atoms with E-state index in [-0.39, 0.29) is 18.8 Å². The molecule has 1 rings (SSSR count). The first kappa shape index (κ1) is 15.3. The maximum Gasteiger partial charge on any atom is 0.407 e. The average Bonchev–Trinajstić information content (AvgIpc) is 2.28. The van der Waals surface area contributed by atoms with Gasteiger partial charge in [0.25, 0.3) is 0 Å². The first-order valence-electron chi connectivity index (χ1n) is 7.02. The summed E-state index contributed by atoms with van der Waals surface area (Å²) in [4.78, 5) is 11.7. The highest BCUT2D eigenvalue weighted by molar-refractivity contribution is 5.67. The van der Waals surface area contributed by atoms with E-state index in [1.807, 2.05) is 0 Å². The number of hydrogen-bond donors (Lipinski definition) is 2. The molecule has 0 aromatic rings. The van der Waals surface area contributed by atoms with Crippen molar-refractivity contribution in [1.82, 2.24) is 5.32 Å². The van der Waals surface area contributed by atoms with Crippen LogP contribution >= 0.6 is 0 Å². The average molecular weight is 257 g/mol. The van der Waals surface area contributed by atoms with Gasteiger partial charge in [0.2, 0.25) is 0 Å². The van der Waals surface area contributed by atoms with Crippen LogP contribution in [0, 0.1) is 17.8 Å². The molecule has 0 aliphatic heterocycles. The van der Waals surface area contributed by atoms with E-state index in [0.29, 0.717) is 17.8 Å². The van der Waals surface area contributed by atoms with Gasteiger partial charge >= 0.3 is 6.09 Å². The number of alkyl carbamates (subject to hydrolysis) is 1. The molecule has 4 heteroatoms. The van der Waals surface area contributed by atoms with Crippen LogP contribution in [0.3, 0.4) is 0 Å². The van der Waals surface area contributed by atoms with E-state index in [2.05, 4.69) is 26.1 Å². The number of carbonyl (C=O) groups is 1. The Bertz CT molecular complexity index is 268. The number of hydrogen-bond acceptors (Lipinski definition) is 3. The summed E-state index contributed by atoms with van der Waals surface area (Å²) in [6.45, 7) is 8.27. The number of aliphatic hydroxyl groups excluding tert-OH is 1. The Morgan fingerprint density at radius 1 is 1.39 bits per heavy atom. The third-order valence-corrected chi connectivity index (χ3v) is 3.86. The van der Waals surface area contributed by atoms with Crippen LogP contribution in [0.25, 0.3) is 0 Å². The Kier molecular flexibility index (Phi) is 5.93. The Balaban J connectivity index is 2.52. The molecule has 1 saturated carbocycles. The summed E-state index contributed by atoms with van der Waals surface area (Å²) >= 11 is 0. The van der Waals surface area contributed by atoms with Gasteiger partial charge in [-0.15, -0.1) is 0 Å². The van der Waals surface area contributed by atoms with Crippen LogP contribution in [0.4, 0.5) is 4.79 Å². The second kappa shape index (κ2) is 6.98. The molecule has 2 N–H and O–H groups in total. The standard InChI is InChI=1S/C14H27NO3/c1-9(2)12-6-5-10(3)7-13(12)18-14(17)15-11(4)8-16/h9-13,16H,5-8H2,1-4H3,(H,15,17). The van der Waals surface area contributed by atoms with Gasteiger partial charge in [0.15, 0.2) is 0 Å². The molecule has 1 amide bonds. The highest BCUT2D eigenvalue weighted by atomic mass is 16.6. The predicted molar refractivity (Wildman–Crippen MR) is 71.3 cm³/mol. The zero-order valence-electron chi connectivity index (χ0n) is 12.0. The lowest BCUT2D eigenvalue weighted by molar-refractivity contribution is 0.00439. The van der Waals surface area contributed by atoms with Gasteiger partial charge in [-0.05, 0) is 37.5 Å². The van der Waals surface area contributed by atoms with Gasteiger partial charge in [-0.25, -0.2) is 4.79 Å². The van der Waals surface area contributed by atoms with Crippen molar-refractivity contribution < 1.29 is 14.6 Å². The zero-order valence-corrected chi connectivity index (χ0v) is 12.0. The SMILES string of the molecule is CC1CCC(C(C)C)C(OC(=O)NC(C)CO)C1. The van der Waals surface area contributed by atoms with E-state index in [1.165, 1.54) is 6.42 Å². The molecule has 4 unspecified atom stereocenters. The van der Waals surface area contributed by atoms with Crippen molar-refractivity contribution in [1.29, 1.82) is 0 Å². The van der Waals surface area contributed by atoms with Gasteiger partial charge in [0, 0.05) is 0 Å². The molecule has 0 aromatic heterocycles. The van der Waals surface area contributed by atoms with Crippen molar-refractivity contribution in [2.24, 2.45) is 17.8 Å². The van der Waals surface area contributed by atoms with Crippen molar-refractivity contribution in [2.45, 2.75) is 59.1 Å². The van der Waals surface area contributed by atoms with Gasteiger partial charge in [0.1, 0.15) is 6.10 Å². The lowest BCUT2D eigenvalue weighted by Crippen LogP contribution is -2.42. The zero-order chi connectivity index (χ0) is 13.7. The van der Waals surface area contributed by atoms with Gasteiger partial charge in [-0.1, -0.05) is 27.2 Å². The van der Waals surface area contributed by atoms with Gasteiger partial charge < -0.3 is 15.2 Å². The molecule has 1 aliphatic rings. The van der Waals surface area contributed by atoms with E-state index in [1.54, 1.807) is 6.92 Å². The minimum absolute atomic E-state index is 0.0136. The van der Waals surface area contributed by atoms with Crippen LogP contribution < -0.4 is 5.32 Å². The van der Waals surface area contributed by atoms with Crippen LogP contribution in [-0.2, 0) is 4.74 Å². The summed E-state index contributed by atoms with van der Waals surface area (Å²) in [5.41, 5.74) is 0. The van der Waals surface area contributed by atoms with Gasteiger partial charge in [-0.3, -0.25) is 0 Å². The summed E-state index contributed by atoms with van der Waals surface area (Å²) < 4.78 is 5.55. The quantitative estimate of drug-likeness (QED) is 0.813. The first-order valence-corrected chi connectivity index (χ1v) is 7.02. The van der Waals surface area contributed by atoms with Crippen LogP contribution in [-0.4, -0.2) is 30.0 Å². The van der Waals surface area contributed by atoms with E-state index in [4.69, 9.17) is 9.84 Å². The molecule has 4 nitrogen and oxygen atoms in total. The Morgan fingerprint density at radius 2 is 2.06 bits per heavy atom. The Hall–Kier alpha value is -0.770. The largest absolute Gasteiger partial charge is 0.446 e. The van der Waals surface area contributed by atoms with E-state index >= 15 is 0 Å². The van der Waals surface area contributed by atoms with E-state index in [0.717, 1.165) is 12.8 Å². The third-order valence-electron chi connectivity index (χ3n) is 3.86. The number of nitrogens with one attached hydrogen (secondary N) is 1. The van der Waals surface area contributed by atoms with Crippen LogP contribution in [0.15, 0.2) is 0 Å². The fourth-order valence-electron chi connectivity index (χ4n) is 2.67. The maximum atomic E-state index is 11.7. The normalized spacial score (nSPS) is 30.0. The number of amides is 1. The molecule has 18 heavy (non-hydrogen) atoms. The lowest BCUT2D eigenvalue weighted by atomic mass is 9.75. The second-order valence-corrected chi connectivity index (χ2v) is 6.00. The smallest absolute Gasteiger partial charge is 0.407 e. The summed E-state index contributed by atoms with van der Waals surface area (Å²) in [7, 11) is 0. The molecule has 0 radical (unpaired) electrons. The molecule has 1 aliphatic carbocycles. The topological polar surface area (TPSA) is 58.6 Å². The Morgan fingerprint density at radius 3 is 2.61 bits per heavy atom. The fourth-order valence-corrected chi connectivity index (χ4v) is 2.67. The van der Waals surface area contributed by atoms with Crippen molar-refractivity contribution in [3.05, 3.63) is 0 Å². The van der Waals surface area contributed by atoms with Gasteiger partial charge in [-0.2, -0.15) is 0 Å². The minimum Gasteiger partial charge on any atom is -0.446 e. The summed E-state index contributed by atoms with van der Waals surface area (Å²) in [6.07, 6.45) is 2.91. The molecule has 0 spiro atoms. The predicted octanol–water partition coefficient (Wildman–Crippen LogP) is 2.55. The van der Waals surface area contributed by atoms with Crippen molar-refractivity contribution in [3.63, 3.8) is 0 Å². The third kappa shape index (κ3) is 4.48. The van der Waals surface area contributed by atoms with Crippen molar-refractivity contribution in [2.75, 3.05) is 6.61 Å². The van der Waals surface area contributed by atoms with Gasteiger partial charge in [0.05, 0.1) is 12.6 Å². The second-order valence-electron chi connectivity index (χ2n) is 6.00.